The van der Waals surface area contributed by atoms with Crippen molar-refractivity contribution in [1.29, 1.82) is 5.26 Å². The molecule has 2 aliphatic rings. The highest BCUT2D eigenvalue weighted by molar-refractivity contribution is 9.10. The molecule has 0 unspecified atom stereocenters. The second-order valence-electron chi connectivity index (χ2n) is 7.18. The average molecular weight is 500 g/mol. The van der Waals surface area contributed by atoms with Crippen molar-refractivity contribution in [3.63, 3.8) is 0 Å². The molecule has 2 aromatic rings. The number of hydrogen-bond donors (Lipinski definition) is 0. The first-order chi connectivity index (χ1) is 15.0. The van der Waals surface area contributed by atoms with Gasteiger partial charge >= 0.3 is 0 Å². The molecule has 1 atom stereocenters. The lowest BCUT2D eigenvalue weighted by atomic mass is 9.86. The third kappa shape index (κ3) is 4.25. The van der Waals surface area contributed by atoms with Crippen molar-refractivity contribution in [2.45, 2.75) is 19.3 Å². The number of nitriles is 1. The van der Waals surface area contributed by atoms with Crippen molar-refractivity contribution in [3.05, 3.63) is 63.1 Å². The number of anilines is 1. The highest BCUT2D eigenvalue weighted by Gasteiger charge is 2.38. The lowest BCUT2D eigenvalue weighted by molar-refractivity contribution is -0.129. The van der Waals surface area contributed by atoms with Crippen molar-refractivity contribution < 1.29 is 14.3 Å². The molecule has 0 radical (unpaired) electrons. The van der Waals surface area contributed by atoms with Crippen LogP contribution >= 0.6 is 27.7 Å². The highest BCUT2D eigenvalue weighted by Crippen LogP contribution is 2.44. The number of thioether (sulfide) groups is 1. The van der Waals surface area contributed by atoms with Gasteiger partial charge < -0.3 is 14.4 Å². The molecule has 0 aromatic heterocycles. The van der Waals surface area contributed by atoms with Crippen LogP contribution in [0, 0.1) is 11.3 Å². The van der Waals surface area contributed by atoms with E-state index >= 15 is 0 Å². The first-order valence-corrected chi connectivity index (χ1v) is 11.7. The zero-order valence-electron chi connectivity index (χ0n) is 17.3. The van der Waals surface area contributed by atoms with E-state index in [9.17, 15) is 10.1 Å². The summed E-state index contributed by atoms with van der Waals surface area (Å²) >= 11 is 4.99. The fourth-order valence-corrected chi connectivity index (χ4v) is 5.27. The molecule has 0 saturated carbocycles. The summed E-state index contributed by atoms with van der Waals surface area (Å²) in [7, 11) is 1.59. The van der Waals surface area contributed by atoms with Gasteiger partial charge in [-0.15, -0.1) is 0 Å². The van der Waals surface area contributed by atoms with E-state index in [1.807, 2.05) is 49.4 Å². The molecule has 2 aliphatic heterocycles. The Balaban J connectivity index is 1.65. The minimum atomic E-state index is -0.292. The van der Waals surface area contributed by atoms with E-state index in [1.54, 1.807) is 12.0 Å². The van der Waals surface area contributed by atoms with Crippen LogP contribution in [0.2, 0.25) is 0 Å². The summed E-state index contributed by atoms with van der Waals surface area (Å²) in [5.74, 6) is 1.65. The van der Waals surface area contributed by atoms with Gasteiger partial charge in [0.2, 0.25) is 5.91 Å². The Morgan fingerprint density at radius 1 is 1.23 bits per heavy atom. The minimum Gasteiger partial charge on any atom is -0.493 e. The van der Waals surface area contributed by atoms with Crippen LogP contribution < -0.4 is 14.4 Å². The Labute approximate surface area is 194 Å². The standard InChI is InChI=1S/C23H22BrN3O3S/c1-3-30-20-9-4-15(10-21(20)29-2)18-11-22(28)27-13-26(14-31-23(27)19(18)12-25)17-7-5-16(24)6-8-17/h4-10,18H,3,11,13-14H2,1-2H3/t18-/m1/s1. The lowest BCUT2D eigenvalue weighted by Gasteiger charge is -2.42. The molecule has 6 nitrogen and oxygen atoms in total. The maximum absolute atomic E-state index is 13.1. The van der Waals surface area contributed by atoms with Gasteiger partial charge in [-0.05, 0) is 48.9 Å². The molecule has 8 heteroatoms. The van der Waals surface area contributed by atoms with Crippen LogP contribution in [0.1, 0.15) is 24.8 Å². The Hall–Kier alpha value is -2.63. The number of nitrogens with zero attached hydrogens (tertiary/aromatic N) is 3. The largest absolute Gasteiger partial charge is 0.493 e. The molecule has 160 valence electrons. The van der Waals surface area contributed by atoms with Crippen molar-refractivity contribution in [1.82, 2.24) is 4.90 Å². The number of carbonyl (C=O) groups excluding carboxylic acids is 1. The molecule has 31 heavy (non-hydrogen) atoms. The summed E-state index contributed by atoms with van der Waals surface area (Å²) in [6.45, 7) is 2.89. The topological polar surface area (TPSA) is 65.8 Å². The smallest absolute Gasteiger partial charge is 0.229 e. The highest BCUT2D eigenvalue weighted by atomic mass is 79.9. The second kappa shape index (κ2) is 9.25. The summed E-state index contributed by atoms with van der Waals surface area (Å²) in [6, 6.07) is 16.0. The fourth-order valence-electron chi connectivity index (χ4n) is 3.84. The van der Waals surface area contributed by atoms with Crippen LogP contribution in [0.15, 0.2) is 57.5 Å². The van der Waals surface area contributed by atoms with E-state index in [0.29, 0.717) is 36.2 Å². The molecule has 2 heterocycles. The van der Waals surface area contributed by atoms with Crippen molar-refractivity contribution in [3.8, 4) is 17.6 Å². The van der Waals surface area contributed by atoms with Crippen LogP contribution in [-0.4, -0.2) is 37.1 Å². The van der Waals surface area contributed by atoms with E-state index < -0.39 is 0 Å². The predicted octanol–water partition coefficient (Wildman–Crippen LogP) is 5.08. The summed E-state index contributed by atoms with van der Waals surface area (Å²) in [4.78, 5) is 17.0. The Morgan fingerprint density at radius 3 is 2.68 bits per heavy atom. The normalized spacial score (nSPS) is 18.5. The van der Waals surface area contributed by atoms with Crippen molar-refractivity contribution in [2.75, 3.05) is 31.2 Å². The zero-order chi connectivity index (χ0) is 22.0. The molecular weight excluding hydrogens is 478 g/mol. The first kappa shape index (κ1) is 21.6. The molecule has 0 spiro atoms. The molecule has 0 N–H and O–H groups in total. The number of fused-ring (bicyclic) bond motifs is 1. The van der Waals surface area contributed by atoms with Gasteiger partial charge in [0.25, 0.3) is 0 Å². The quantitative estimate of drug-likeness (QED) is 0.571. The number of hydrogen-bond acceptors (Lipinski definition) is 6. The zero-order valence-corrected chi connectivity index (χ0v) is 19.7. The van der Waals surface area contributed by atoms with E-state index in [4.69, 9.17) is 9.47 Å². The molecule has 1 fully saturated rings. The van der Waals surface area contributed by atoms with Crippen LogP contribution in [0.3, 0.4) is 0 Å². The second-order valence-corrected chi connectivity index (χ2v) is 9.03. The fraction of sp³-hybridized carbons (Fsp3) is 0.304. The minimum absolute atomic E-state index is 0.0150. The number of ether oxygens (including phenoxy) is 2. The van der Waals surface area contributed by atoms with E-state index in [-0.39, 0.29) is 18.2 Å². The van der Waals surface area contributed by atoms with Crippen LogP contribution in [0.25, 0.3) is 0 Å². The molecular formula is C23H22BrN3O3S. The van der Waals surface area contributed by atoms with Gasteiger partial charge in [0.1, 0.15) is 0 Å². The van der Waals surface area contributed by atoms with Gasteiger partial charge in [-0.25, -0.2) is 0 Å². The van der Waals surface area contributed by atoms with E-state index in [0.717, 1.165) is 20.8 Å². The maximum Gasteiger partial charge on any atom is 0.229 e. The Bertz CT molecular complexity index is 1060. The molecule has 0 bridgehead atoms. The molecule has 0 aliphatic carbocycles. The molecule has 2 aromatic carbocycles. The van der Waals surface area contributed by atoms with Crippen molar-refractivity contribution >= 4 is 39.3 Å². The summed E-state index contributed by atoms with van der Waals surface area (Å²) in [5.41, 5.74) is 2.55. The number of halogens is 1. The predicted molar refractivity (Wildman–Crippen MR) is 125 cm³/mol. The third-order valence-electron chi connectivity index (χ3n) is 5.38. The van der Waals surface area contributed by atoms with Crippen LogP contribution in [0.4, 0.5) is 5.69 Å². The maximum atomic E-state index is 13.1. The SMILES string of the molecule is CCOc1ccc([C@H]2CC(=O)N3CN(c4ccc(Br)cc4)CSC3=C2C#N)cc1OC. The third-order valence-corrected chi connectivity index (χ3v) is 7.06. The van der Waals surface area contributed by atoms with E-state index in [1.165, 1.54) is 11.8 Å². The number of benzene rings is 2. The number of rotatable bonds is 5. The van der Waals surface area contributed by atoms with Crippen LogP contribution in [-0.2, 0) is 4.79 Å². The lowest BCUT2D eigenvalue weighted by Crippen LogP contribution is -2.47. The van der Waals surface area contributed by atoms with Crippen LogP contribution in [0.5, 0.6) is 11.5 Å². The average Bonchev–Trinajstić information content (AvgIpc) is 2.80. The number of carbonyl (C=O) groups is 1. The molecule has 1 saturated heterocycles. The Morgan fingerprint density at radius 2 is 2.00 bits per heavy atom. The monoisotopic (exact) mass is 499 g/mol. The van der Waals surface area contributed by atoms with Crippen molar-refractivity contribution in [2.24, 2.45) is 0 Å². The first-order valence-electron chi connectivity index (χ1n) is 9.94. The van der Waals surface area contributed by atoms with Gasteiger partial charge in [0.15, 0.2) is 11.5 Å². The van der Waals surface area contributed by atoms with E-state index in [2.05, 4.69) is 26.9 Å². The molecule has 1 amide bonds. The van der Waals surface area contributed by atoms with Gasteiger partial charge in [-0.3, -0.25) is 9.69 Å². The number of allylic oxidation sites excluding steroid dienone is 1. The van der Waals surface area contributed by atoms with Gasteiger partial charge in [-0.2, -0.15) is 5.26 Å². The van der Waals surface area contributed by atoms with Gasteiger partial charge in [0.05, 0.1) is 42.9 Å². The summed E-state index contributed by atoms with van der Waals surface area (Å²) in [6.07, 6.45) is 0.248. The van der Waals surface area contributed by atoms with Gasteiger partial charge in [0, 0.05) is 22.5 Å². The number of amides is 1. The number of methoxy groups -OCH3 is 1. The summed E-state index contributed by atoms with van der Waals surface area (Å²) < 4.78 is 12.1. The molecule has 4 rings (SSSR count). The Kier molecular flexibility index (Phi) is 6.44. The summed E-state index contributed by atoms with van der Waals surface area (Å²) in [5, 5.41) is 10.7. The van der Waals surface area contributed by atoms with Gasteiger partial charge in [-0.1, -0.05) is 33.8 Å².